The maximum atomic E-state index is 12.4. The predicted molar refractivity (Wildman–Crippen MR) is 91.2 cm³/mol. The summed E-state index contributed by atoms with van der Waals surface area (Å²) in [6.07, 6.45) is 1.62. The van der Waals surface area contributed by atoms with Crippen LogP contribution in [0.3, 0.4) is 0 Å². The number of hydrogen-bond donors (Lipinski definition) is 2. The molecule has 124 valence electrons. The molecule has 2 atom stereocenters. The van der Waals surface area contributed by atoms with Crippen LogP contribution >= 0.6 is 0 Å². The monoisotopic (exact) mass is 324 g/mol. The minimum atomic E-state index is -0.0528. The number of likely N-dealkylation sites (tertiary alicyclic amines) is 1. The van der Waals surface area contributed by atoms with E-state index in [0.29, 0.717) is 23.4 Å². The molecule has 0 unspecified atom stereocenters. The minimum absolute atomic E-state index is 0.0528. The second-order valence-corrected chi connectivity index (χ2v) is 6.31. The van der Waals surface area contributed by atoms with E-state index in [0.717, 1.165) is 31.9 Å². The van der Waals surface area contributed by atoms with Gasteiger partial charge in [0.25, 0.3) is 0 Å². The molecule has 0 saturated carbocycles. The third-order valence-corrected chi connectivity index (χ3v) is 4.63. The largest absolute Gasteiger partial charge is 0.439 e. The lowest BCUT2D eigenvalue weighted by Crippen LogP contribution is -2.35. The molecule has 2 aliphatic rings. The summed E-state index contributed by atoms with van der Waals surface area (Å²) in [4.78, 5) is 18.5. The lowest BCUT2D eigenvalue weighted by Gasteiger charge is -2.18. The number of fused-ring (bicyclic) bond motifs is 1. The van der Waals surface area contributed by atoms with Gasteiger partial charge >= 0.3 is 6.03 Å². The van der Waals surface area contributed by atoms with Gasteiger partial charge in [-0.1, -0.05) is 18.2 Å². The summed E-state index contributed by atoms with van der Waals surface area (Å²) in [5.74, 6) is 2.42. The second kappa shape index (κ2) is 6.49. The van der Waals surface area contributed by atoms with Crippen LogP contribution in [0.25, 0.3) is 0 Å². The lowest BCUT2D eigenvalue weighted by molar-refractivity contribution is 0.219. The third kappa shape index (κ3) is 3.19. The zero-order chi connectivity index (χ0) is 16.4. The number of benzene rings is 1. The SMILES string of the molecule is O=C(Nc1ccc(Oc2ccccc2)nc1)N1C[C@H]2CNC[C@H]2C1. The van der Waals surface area contributed by atoms with Crippen molar-refractivity contribution >= 4 is 11.7 Å². The van der Waals surface area contributed by atoms with E-state index in [9.17, 15) is 4.79 Å². The van der Waals surface area contributed by atoms with Crippen LogP contribution in [0, 0.1) is 11.8 Å². The molecule has 0 spiro atoms. The molecule has 2 amide bonds. The summed E-state index contributed by atoms with van der Waals surface area (Å²) in [5.41, 5.74) is 0.676. The Labute approximate surface area is 140 Å². The maximum absolute atomic E-state index is 12.4. The first-order chi connectivity index (χ1) is 11.8. The van der Waals surface area contributed by atoms with Crippen molar-refractivity contribution < 1.29 is 9.53 Å². The van der Waals surface area contributed by atoms with Crippen LogP contribution in [0.2, 0.25) is 0 Å². The molecule has 6 heteroatoms. The van der Waals surface area contributed by atoms with E-state index in [1.54, 1.807) is 12.3 Å². The van der Waals surface area contributed by atoms with Gasteiger partial charge in [0.2, 0.25) is 5.88 Å². The number of nitrogens with one attached hydrogen (secondary N) is 2. The van der Waals surface area contributed by atoms with Gasteiger partial charge in [-0.25, -0.2) is 9.78 Å². The highest BCUT2D eigenvalue weighted by Gasteiger charge is 2.38. The quantitative estimate of drug-likeness (QED) is 0.910. The van der Waals surface area contributed by atoms with E-state index in [2.05, 4.69) is 15.6 Å². The summed E-state index contributed by atoms with van der Waals surface area (Å²) in [6, 6.07) is 13.0. The second-order valence-electron chi connectivity index (χ2n) is 6.31. The lowest BCUT2D eigenvalue weighted by atomic mass is 10.0. The van der Waals surface area contributed by atoms with E-state index in [-0.39, 0.29) is 6.03 Å². The summed E-state index contributed by atoms with van der Waals surface area (Å²) in [6.45, 7) is 3.68. The topological polar surface area (TPSA) is 66.5 Å². The molecule has 2 aromatic rings. The van der Waals surface area contributed by atoms with Gasteiger partial charge in [0.05, 0.1) is 11.9 Å². The number of carbonyl (C=O) groups excluding carboxylic acids is 1. The third-order valence-electron chi connectivity index (χ3n) is 4.63. The minimum Gasteiger partial charge on any atom is -0.439 e. The van der Waals surface area contributed by atoms with Crippen molar-refractivity contribution in [1.29, 1.82) is 0 Å². The van der Waals surface area contributed by atoms with Crippen molar-refractivity contribution in [2.75, 3.05) is 31.5 Å². The Kier molecular flexibility index (Phi) is 4.04. The highest BCUT2D eigenvalue weighted by Crippen LogP contribution is 2.27. The number of carbonyl (C=O) groups is 1. The van der Waals surface area contributed by atoms with Gasteiger partial charge in [0, 0.05) is 32.2 Å². The van der Waals surface area contributed by atoms with Crippen LogP contribution in [0.15, 0.2) is 48.7 Å². The maximum Gasteiger partial charge on any atom is 0.321 e. The van der Waals surface area contributed by atoms with Crippen molar-refractivity contribution in [2.45, 2.75) is 0 Å². The first kappa shape index (κ1) is 15.0. The van der Waals surface area contributed by atoms with Crippen LogP contribution in [-0.4, -0.2) is 42.1 Å². The average molecular weight is 324 g/mol. The number of para-hydroxylation sites is 1. The van der Waals surface area contributed by atoms with Gasteiger partial charge in [0.15, 0.2) is 0 Å². The molecular formula is C18H20N4O2. The molecule has 24 heavy (non-hydrogen) atoms. The van der Waals surface area contributed by atoms with Crippen LogP contribution in [-0.2, 0) is 0 Å². The molecule has 2 N–H and O–H groups in total. The number of rotatable bonds is 3. The molecule has 4 rings (SSSR count). The van der Waals surface area contributed by atoms with E-state index in [4.69, 9.17) is 4.74 Å². The Morgan fingerprint density at radius 3 is 2.54 bits per heavy atom. The standard InChI is InChI=1S/C18H20N4O2/c23-18(22-11-13-8-19-9-14(13)12-22)21-15-6-7-17(20-10-15)24-16-4-2-1-3-5-16/h1-7,10,13-14,19H,8-9,11-12H2,(H,21,23)/t13-,14+. The van der Waals surface area contributed by atoms with Gasteiger partial charge in [0.1, 0.15) is 5.75 Å². The van der Waals surface area contributed by atoms with E-state index in [1.165, 1.54) is 0 Å². The van der Waals surface area contributed by atoms with Gasteiger partial charge < -0.3 is 20.3 Å². The summed E-state index contributed by atoms with van der Waals surface area (Å²) >= 11 is 0. The number of hydrogen-bond acceptors (Lipinski definition) is 4. The number of pyridine rings is 1. The van der Waals surface area contributed by atoms with Crippen molar-refractivity contribution in [1.82, 2.24) is 15.2 Å². The van der Waals surface area contributed by atoms with Gasteiger partial charge in [-0.05, 0) is 30.0 Å². The van der Waals surface area contributed by atoms with Crippen LogP contribution in [0.5, 0.6) is 11.6 Å². The molecule has 1 aromatic carbocycles. The smallest absolute Gasteiger partial charge is 0.321 e. The fourth-order valence-electron chi connectivity index (χ4n) is 3.35. The number of aromatic nitrogens is 1. The molecule has 0 bridgehead atoms. The van der Waals surface area contributed by atoms with Gasteiger partial charge in [-0.3, -0.25) is 0 Å². The normalized spacial score (nSPS) is 22.2. The zero-order valence-electron chi connectivity index (χ0n) is 13.3. The van der Waals surface area contributed by atoms with E-state index < -0.39 is 0 Å². The number of urea groups is 1. The number of amides is 2. The molecule has 2 fully saturated rings. The highest BCUT2D eigenvalue weighted by molar-refractivity contribution is 5.89. The molecule has 3 heterocycles. The molecule has 6 nitrogen and oxygen atoms in total. The Morgan fingerprint density at radius 2 is 1.88 bits per heavy atom. The summed E-state index contributed by atoms with van der Waals surface area (Å²) < 4.78 is 5.65. The summed E-state index contributed by atoms with van der Waals surface area (Å²) in [5, 5.41) is 6.29. The first-order valence-electron chi connectivity index (χ1n) is 8.23. The van der Waals surface area contributed by atoms with E-state index in [1.807, 2.05) is 41.3 Å². The molecule has 2 saturated heterocycles. The Balaban J connectivity index is 1.34. The Hall–Kier alpha value is -2.60. The Bertz CT molecular complexity index is 693. The fraction of sp³-hybridized carbons (Fsp3) is 0.333. The van der Waals surface area contributed by atoms with Crippen molar-refractivity contribution in [3.63, 3.8) is 0 Å². The van der Waals surface area contributed by atoms with Crippen molar-refractivity contribution in [2.24, 2.45) is 11.8 Å². The number of anilines is 1. The van der Waals surface area contributed by atoms with Crippen molar-refractivity contribution in [3.8, 4) is 11.6 Å². The summed E-state index contributed by atoms with van der Waals surface area (Å²) in [7, 11) is 0. The highest BCUT2D eigenvalue weighted by atomic mass is 16.5. The van der Waals surface area contributed by atoms with Crippen molar-refractivity contribution in [3.05, 3.63) is 48.7 Å². The molecular weight excluding hydrogens is 304 g/mol. The molecule has 2 aliphatic heterocycles. The van der Waals surface area contributed by atoms with Gasteiger partial charge in [-0.15, -0.1) is 0 Å². The fourth-order valence-corrected chi connectivity index (χ4v) is 3.35. The van der Waals surface area contributed by atoms with E-state index >= 15 is 0 Å². The number of nitrogens with zero attached hydrogens (tertiary/aromatic N) is 2. The van der Waals surface area contributed by atoms with Crippen LogP contribution < -0.4 is 15.4 Å². The molecule has 0 aliphatic carbocycles. The van der Waals surface area contributed by atoms with Gasteiger partial charge in [-0.2, -0.15) is 0 Å². The predicted octanol–water partition coefficient (Wildman–Crippen LogP) is 2.56. The zero-order valence-corrected chi connectivity index (χ0v) is 13.3. The molecule has 0 radical (unpaired) electrons. The molecule has 1 aromatic heterocycles. The van der Waals surface area contributed by atoms with Crippen LogP contribution in [0.4, 0.5) is 10.5 Å². The van der Waals surface area contributed by atoms with Crippen LogP contribution in [0.1, 0.15) is 0 Å². The average Bonchev–Trinajstić information content (AvgIpc) is 3.19. The Morgan fingerprint density at radius 1 is 1.12 bits per heavy atom. The first-order valence-corrected chi connectivity index (χ1v) is 8.23. The number of ether oxygens (including phenoxy) is 1.